The number of amides is 1. The maximum atomic E-state index is 12.8. The van der Waals surface area contributed by atoms with Crippen LogP contribution in [0.25, 0.3) is 0 Å². The van der Waals surface area contributed by atoms with Gasteiger partial charge in [-0.2, -0.15) is 0 Å². The fourth-order valence-electron chi connectivity index (χ4n) is 4.23. The van der Waals surface area contributed by atoms with Crippen LogP contribution in [0.2, 0.25) is 0 Å². The zero-order chi connectivity index (χ0) is 18.4. The zero-order valence-corrected chi connectivity index (χ0v) is 18.6. The molecule has 2 aliphatic rings. The normalized spacial score (nSPS) is 19.9. The molecule has 3 N–H and O–H groups in total. The molecule has 7 heteroatoms. The van der Waals surface area contributed by atoms with Crippen LogP contribution >= 0.6 is 24.8 Å². The highest BCUT2D eigenvalue weighted by Gasteiger charge is 2.24. The molecular formula is C21H36Cl2N4O. The van der Waals surface area contributed by atoms with Crippen molar-refractivity contribution in [2.45, 2.75) is 44.7 Å². The average Bonchev–Trinajstić information content (AvgIpc) is 2.68. The van der Waals surface area contributed by atoms with Gasteiger partial charge in [0.15, 0.2) is 0 Å². The number of nitrogens with one attached hydrogen (secondary N) is 1. The van der Waals surface area contributed by atoms with Crippen molar-refractivity contribution in [1.29, 1.82) is 0 Å². The highest BCUT2D eigenvalue weighted by Crippen LogP contribution is 2.26. The molecule has 1 aromatic rings. The number of carbonyl (C=O) groups excluding carboxylic acids is 1. The number of benzene rings is 1. The Balaban J connectivity index is 0.00000196. The minimum Gasteiger partial charge on any atom is -0.348 e. The van der Waals surface area contributed by atoms with Crippen molar-refractivity contribution in [3.8, 4) is 0 Å². The molecule has 1 aliphatic carbocycles. The topological polar surface area (TPSA) is 61.6 Å². The first-order valence-electron chi connectivity index (χ1n) is 10.2. The average molecular weight is 431 g/mol. The van der Waals surface area contributed by atoms with E-state index in [1.54, 1.807) is 0 Å². The van der Waals surface area contributed by atoms with Gasteiger partial charge in [-0.15, -0.1) is 24.8 Å². The second kappa shape index (κ2) is 12.7. The van der Waals surface area contributed by atoms with Crippen molar-refractivity contribution >= 4 is 30.7 Å². The molecule has 1 heterocycles. The first-order valence-corrected chi connectivity index (χ1v) is 10.2. The van der Waals surface area contributed by atoms with Crippen LogP contribution in [-0.2, 0) is 6.54 Å². The molecule has 1 atom stereocenters. The highest BCUT2D eigenvalue weighted by atomic mass is 35.5. The molecule has 2 fully saturated rings. The van der Waals surface area contributed by atoms with Crippen LogP contribution in [0.15, 0.2) is 24.3 Å². The predicted molar refractivity (Wildman–Crippen MR) is 121 cm³/mol. The summed E-state index contributed by atoms with van der Waals surface area (Å²) in [6.07, 6.45) is 6.21. The number of hydrogen-bond acceptors (Lipinski definition) is 4. The van der Waals surface area contributed by atoms with Gasteiger partial charge in [-0.05, 0) is 43.5 Å². The molecule has 1 aliphatic heterocycles. The van der Waals surface area contributed by atoms with Crippen molar-refractivity contribution in [1.82, 2.24) is 15.1 Å². The van der Waals surface area contributed by atoms with E-state index in [1.165, 1.54) is 37.7 Å². The van der Waals surface area contributed by atoms with Gasteiger partial charge >= 0.3 is 0 Å². The van der Waals surface area contributed by atoms with E-state index < -0.39 is 0 Å². The maximum Gasteiger partial charge on any atom is 0.251 e. The zero-order valence-electron chi connectivity index (χ0n) is 16.9. The number of nitrogens with two attached hydrogens (primary N) is 1. The molecule has 0 aromatic heterocycles. The van der Waals surface area contributed by atoms with E-state index >= 15 is 0 Å². The first kappa shape index (κ1) is 25.2. The monoisotopic (exact) mass is 430 g/mol. The third-order valence-corrected chi connectivity index (χ3v) is 5.98. The molecule has 1 aromatic carbocycles. The second-order valence-electron chi connectivity index (χ2n) is 7.99. The van der Waals surface area contributed by atoms with Crippen molar-refractivity contribution in [2.24, 2.45) is 11.7 Å². The van der Waals surface area contributed by atoms with Crippen molar-refractivity contribution < 1.29 is 4.79 Å². The fraction of sp³-hybridized carbons (Fsp3) is 0.667. The van der Waals surface area contributed by atoms with E-state index in [4.69, 9.17) is 5.73 Å². The van der Waals surface area contributed by atoms with Crippen molar-refractivity contribution in [2.75, 3.05) is 39.8 Å². The minimum atomic E-state index is 0. The Kier molecular flexibility index (Phi) is 11.4. The van der Waals surface area contributed by atoms with Crippen molar-refractivity contribution in [3.05, 3.63) is 35.4 Å². The number of piperazine rings is 1. The number of nitrogens with zero attached hydrogens (tertiary/aromatic N) is 2. The summed E-state index contributed by atoms with van der Waals surface area (Å²) in [4.78, 5) is 17.6. The molecule has 160 valence electrons. The summed E-state index contributed by atoms with van der Waals surface area (Å²) in [7, 11) is 2.17. The third-order valence-electron chi connectivity index (χ3n) is 5.98. The summed E-state index contributed by atoms with van der Waals surface area (Å²) < 4.78 is 0. The van der Waals surface area contributed by atoms with E-state index in [-0.39, 0.29) is 36.8 Å². The van der Waals surface area contributed by atoms with Gasteiger partial charge in [-0.25, -0.2) is 0 Å². The standard InChI is InChI=1S/C21H34N4O.2ClH/c1-24-10-12-25(13-11-24)16-17-6-5-9-19(14-17)21(26)23-20(15-22)18-7-3-2-4-8-18;;/h5-6,9,14,18,20H,2-4,7-8,10-13,15-16,22H2,1H3,(H,23,26);2*1H. The Morgan fingerprint density at radius 2 is 1.82 bits per heavy atom. The summed E-state index contributed by atoms with van der Waals surface area (Å²) in [6, 6.07) is 8.18. The van der Waals surface area contributed by atoms with E-state index in [2.05, 4.69) is 28.2 Å². The van der Waals surface area contributed by atoms with Gasteiger partial charge in [0.25, 0.3) is 5.91 Å². The summed E-state index contributed by atoms with van der Waals surface area (Å²) in [5.74, 6) is 0.553. The van der Waals surface area contributed by atoms with Crippen LogP contribution in [0, 0.1) is 5.92 Å². The molecule has 0 spiro atoms. The molecule has 0 radical (unpaired) electrons. The third kappa shape index (κ3) is 7.20. The molecule has 28 heavy (non-hydrogen) atoms. The molecule has 5 nitrogen and oxygen atoms in total. The molecule has 1 saturated carbocycles. The smallest absolute Gasteiger partial charge is 0.251 e. The van der Waals surface area contributed by atoms with Crippen LogP contribution in [0.1, 0.15) is 48.0 Å². The van der Waals surface area contributed by atoms with Crippen LogP contribution in [-0.4, -0.2) is 61.5 Å². The maximum absolute atomic E-state index is 12.8. The summed E-state index contributed by atoms with van der Waals surface area (Å²) in [5.41, 5.74) is 7.94. The molecule has 3 rings (SSSR count). The largest absolute Gasteiger partial charge is 0.348 e. The van der Waals surface area contributed by atoms with Gasteiger partial charge in [-0.3, -0.25) is 9.69 Å². The minimum absolute atomic E-state index is 0. The molecular weight excluding hydrogens is 395 g/mol. The Labute approximate surface area is 182 Å². The number of carbonyl (C=O) groups is 1. The highest BCUT2D eigenvalue weighted by molar-refractivity contribution is 5.94. The summed E-state index contributed by atoms with van der Waals surface area (Å²) in [6.45, 7) is 5.84. The number of rotatable bonds is 6. The first-order chi connectivity index (χ1) is 12.7. The van der Waals surface area contributed by atoms with Crippen LogP contribution < -0.4 is 11.1 Å². The van der Waals surface area contributed by atoms with Gasteiger partial charge in [0, 0.05) is 50.9 Å². The van der Waals surface area contributed by atoms with E-state index in [0.717, 1.165) is 38.3 Å². The van der Waals surface area contributed by atoms with Crippen molar-refractivity contribution in [3.63, 3.8) is 0 Å². The van der Waals surface area contributed by atoms with Gasteiger partial charge in [0.1, 0.15) is 0 Å². The van der Waals surface area contributed by atoms with Gasteiger partial charge in [0.05, 0.1) is 0 Å². The molecule has 0 bridgehead atoms. The summed E-state index contributed by atoms with van der Waals surface area (Å²) in [5, 5.41) is 3.21. The fourth-order valence-corrected chi connectivity index (χ4v) is 4.23. The quantitative estimate of drug-likeness (QED) is 0.727. The molecule has 1 unspecified atom stereocenters. The second-order valence-corrected chi connectivity index (χ2v) is 7.99. The Bertz CT molecular complexity index is 588. The van der Waals surface area contributed by atoms with Gasteiger partial charge in [0.2, 0.25) is 0 Å². The lowest BCUT2D eigenvalue weighted by Crippen LogP contribution is -2.46. The lowest BCUT2D eigenvalue weighted by Gasteiger charge is -2.32. The number of likely N-dealkylation sites (N-methyl/N-ethyl adjacent to an activating group) is 1. The predicted octanol–water partition coefficient (Wildman–Crippen LogP) is 2.92. The Morgan fingerprint density at radius 1 is 1.14 bits per heavy atom. The van der Waals surface area contributed by atoms with E-state index in [0.29, 0.717) is 12.5 Å². The lowest BCUT2D eigenvalue weighted by molar-refractivity contribution is 0.0915. The van der Waals surface area contributed by atoms with E-state index in [1.807, 2.05) is 18.2 Å². The van der Waals surface area contributed by atoms with Crippen LogP contribution in [0.5, 0.6) is 0 Å². The molecule has 1 amide bonds. The van der Waals surface area contributed by atoms with Crippen LogP contribution in [0.3, 0.4) is 0 Å². The summed E-state index contributed by atoms with van der Waals surface area (Å²) >= 11 is 0. The number of halogens is 2. The lowest BCUT2D eigenvalue weighted by atomic mass is 9.84. The van der Waals surface area contributed by atoms with E-state index in [9.17, 15) is 4.79 Å². The SMILES string of the molecule is CN1CCN(Cc2cccc(C(=O)NC(CN)C3CCCCC3)c2)CC1.Cl.Cl. The Hall–Kier alpha value is -0.850. The molecule has 1 saturated heterocycles. The Morgan fingerprint density at radius 3 is 2.46 bits per heavy atom. The number of hydrogen-bond donors (Lipinski definition) is 2. The van der Waals surface area contributed by atoms with Crippen LogP contribution in [0.4, 0.5) is 0 Å². The van der Waals surface area contributed by atoms with Gasteiger partial charge < -0.3 is 16.0 Å². The van der Waals surface area contributed by atoms with Gasteiger partial charge in [-0.1, -0.05) is 31.4 Å².